The maximum Gasteiger partial charge on any atom is 0.303 e. The number of aliphatic hydroxyl groups is 1. The van der Waals surface area contributed by atoms with Crippen LogP contribution in [0, 0.1) is 0 Å². The summed E-state index contributed by atoms with van der Waals surface area (Å²) in [4.78, 5) is 24.5. The van der Waals surface area contributed by atoms with E-state index in [1.54, 1.807) is 0 Å². The average Bonchev–Trinajstić information content (AvgIpc) is 2.91. The fourth-order valence-electron chi connectivity index (χ4n) is 4.29. The molecule has 5 atom stereocenters. The zero-order chi connectivity index (χ0) is 28.0. The summed E-state index contributed by atoms with van der Waals surface area (Å²) in [5.74, 6) is -1.69. The van der Waals surface area contributed by atoms with Crippen LogP contribution >= 0.6 is 34.8 Å². The first-order chi connectivity index (χ1) is 18.6. The van der Waals surface area contributed by atoms with Crippen LogP contribution in [0.3, 0.4) is 0 Å². The lowest BCUT2D eigenvalue weighted by Crippen LogP contribution is -2.66. The van der Waals surface area contributed by atoms with Crippen molar-refractivity contribution in [2.24, 2.45) is 0 Å². The fraction of sp³-hybridized carbons (Fsp3) is 0.357. The van der Waals surface area contributed by atoms with Gasteiger partial charge in [0, 0.05) is 6.92 Å². The lowest BCUT2D eigenvalue weighted by atomic mass is 9.96. The Labute approximate surface area is 241 Å². The number of alkyl halides is 3. The van der Waals surface area contributed by atoms with Gasteiger partial charge in [0.15, 0.2) is 12.4 Å². The van der Waals surface area contributed by atoms with Crippen LogP contribution in [0.15, 0.2) is 72.8 Å². The van der Waals surface area contributed by atoms with Gasteiger partial charge >= 0.3 is 5.97 Å². The van der Waals surface area contributed by atoms with Crippen molar-refractivity contribution in [2.75, 3.05) is 6.61 Å². The Bertz CT molecular complexity index is 1270. The van der Waals surface area contributed by atoms with E-state index in [4.69, 9.17) is 53.8 Å². The highest BCUT2D eigenvalue weighted by atomic mass is 35.6. The van der Waals surface area contributed by atoms with Crippen LogP contribution in [0.25, 0.3) is 10.8 Å². The molecule has 4 rings (SSSR count). The first kappa shape index (κ1) is 29.6. The Hall–Kier alpha value is -2.43. The van der Waals surface area contributed by atoms with Gasteiger partial charge in [0.25, 0.3) is 9.70 Å². The van der Waals surface area contributed by atoms with E-state index in [1.165, 1.54) is 6.92 Å². The van der Waals surface area contributed by atoms with E-state index in [1.807, 2.05) is 72.8 Å². The summed E-state index contributed by atoms with van der Waals surface area (Å²) >= 11 is 17.3. The molecule has 0 spiro atoms. The van der Waals surface area contributed by atoms with Gasteiger partial charge < -0.3 is 29.4 Å². The van der Waals surface area contributed by atoms with Crippen LogP contribution < -0.4 is 5.32 Å². The van der Waals surface area contributed by atoms with E-state index in [0.29, 0.717) is 0 Å². The largest absolute Gasteiger partial charge is 0.457 e. The molecule has 3 aromatic carbocycles. The van der Waals surface area contributed by atoms with Crippen molar-refractivity contribution in [3.63, 3.8) is 0 Å². The number of ether oxygens (including phenoxy) is 4. The third kappa shape index (κ3) is 8.05. The normalized spacial score (nSPS) is 23.4. The number of amides is 1. The molecule has 1 saturated heterocycles. The molecular formula is C28H28Cl3NO7. The third-order valence-electron chi connectivity index (χ3n) is 6.15. The van der Waals surface area contributed by atoms with E-state index in [0.717, 1.165) is 21.9 Å². The van der Waals surface area contributed by atoms with Crippen LogP contribution in [0.5, 0.6) is 0 Å². The molecule has 2 N–H and O–H groups in total. The molecule has 0 bridgehead atoms. The molecule has 11 heteroatoms. The Morgan fingerprint density at radius 3 is 2.33 bits per heavy atom. The van der Waals surface area contributed by atoms with Crippen molar-refractivity contribution in [3.8, 4) is 0 Å². The van der Waals surface area contributed by atoms with Crippen LogP contribution in [0.1, 0.15) is 18.1 Å². The molecule has 39 heavy (non-hydrogen) atoms. The van der Waals surface area contributed by atoms with Crippen molar-refractivity contribution in [2.45, 2.75) is 54.6 Å². The second kappa shape index (κ2) is 13.3. The van der Waals surface area contributed by atoms with Crippen molar-refractivity contribution in [3.05, 3.63) is 83.9 Å². The number of esters is 1. The van der Waals surface area contributed by atoms with Gasteiger partial charge in [0.2, 0.25) is 0 Å². The Kier molecular flexibility index (Phi) is 10.1. The first-order valence-corrected chi connectivity index (χ1v) is 13.3. The summed E-state index contributed by atoms with van der Waals surface area (Å²) < 4.78 is 21.0. The number of carbonyl (C=O) groups excluding carboxylic acids is 2. The van der Waals surface area contributed by atoms with Crippen LogP contribution in [-0.2, 0) is 41.8 Å². The van der Waals surface area contributed by atoms with Gasteiger partial charge in [0.1, 0.15) is 18.2 Å². The zero-order valence-corrected chi connectivity index (χ0v) is 23.2. The van der Waals surface area contributed by atoms with Crippen LogP contribution in [-0.4, -0.2) is 58.0 Å². The number of aliphatic hydroxyl groups excluding tert-OH is 1. The van der Waals surface area contributed by atoms with Crippen molar-refractivity contribution >= 4 is 57.5 Å². The monoisotopic (exact) mass is 595 g/mol. The predicted molar refractivity (Wildman–Crippen MR) is 147 cm³/mol. The van der Waals surface area contributed by atoms with Gasteiger partial charge in [-0.05, 0) is 28.0 Å². The SMILES string of the molecule is CC(=O)O[C@@H]1[C@H](O)[C@@H](COCc2ccccc2)O[C@H](OCc2ccc3ccccc3c2)[C@@H]1NC(=O)C(Cl)(Cl)Cl. The second-order valence-electron chi connectivity index (χ2n) is 9.10. The van der Waals surface area contributed by atoms with Gasteiger partial charge in [-0.2, -0.15) is 0 Å². The number of carbonyl (C=O) groups is 2. The van der Waals surface area contributed by atoms with Gasteiger partial charge in [-0.1, -0.05) is 102 Å². The molecular weight excluding hydrogens is 569 g/mol. The Morgan fingerprint density at radius 2 is 1.64 bits per heavy atom. The fourth-order valence-corrected chi connectivity index (χ4v) is 4.45. The molecule has 1 amide bonds. The summed E-state index contributed by atoms with van der Waals surface area (Å²) in [5, 5.41) is 15.7. The minimum atomic E-state index is -2.32. The molecule has 0 unspecified atom stereocenters. The summed E-state index contributed by atoms with van der Waals surface area (Å²) in [6.45, 7) is 1.48. The van der Waals surface area contributed by atoms with Gasteiger partial charge in [0.05, 0.1) is 19.8 Å². The van der Waals surface area contributed by atoms with Crippen molar-refractivity contribution < 1.29 is 33.6 Å². The van der Waals surface area contributed by atoms with Gasteiger partial charge in [-0.25, -0.2) is 0 Å². The minimum Gasteiger partial charge on any atom is -0.457 e. The highest BCUT2D eigenvalue weighted by Crippen LogP contribution is 2.30. The van der Waals surface area contributed by atoms with Crippen LogP contribution in [0.4, 0.5) is 0 Å². The molecule has 8 nitrogen and oxygen atoms in total. The summed E-state index contributed by atoms with van der Waals surface area (Å²) in [6.07, 6.45) is -4.81. The Morgan fingerprint density at radius 1 is 0.949 bits per heavy atom. The van der Waals surface area contributed by atoms with Crippen LogP contribution in [0.2, 0.25) is 0 Å². The summed E-state index contributed by atoms with van der Waals surface area (Å²) in [6, 6.07) is 22.0. The molecule has 1 aliphatic rings. The number of halogens is 3. The molecule has 208 valence electrons. The van der Waals surface area contributed by atoms with E-state index < -0.39 is 46.3 Å². The predicted octanol–water partition coefficient (Wildman–Crippen LogP) is 4.45. The third-order valence-corrected chi connectivity index (χ3v) is 6.67. The van der Waals surface area contributed by atoms with E-state index in [-0.39, 0.29) is 19.8 Å². The summed E-state index contributed by atoms with van der Waals surface area (Å²) in [5.41, 5.74) is 1.76. The van der Waals surface area contributed by atoms with E-state index in [9.17, 15) is 14.7 Å². The second-order valence-corrected chi connectivity index (χ2v) is 11.4. The molecule has 3 aromatic rings. The number of nitrogens with one attached hydrogen (secondary N) is 1. The molecule has 1 fully saturated rings. The zero-order valence-electron chi connectivity index (χ0n) is 21.0. The topological polar surface area (TPSA) is 103 Å². The van der Waals surface area contributed by atoms with Gasteiger partial charge in [-0.15, -0.1) is 0 Å². The first-order valence-electron chi connectivity index (χ1n) is 12.2. The molecule has 0 radical (unpaired) electrons. The maximum absolute atomic E-state index is 12.6. The number of hydrogen-bond donors (Lipinski definition) is 2. The number of hydrogen-bond acceptors (Lipinski definition) is 7. The smallest absolute Gasteiger partial charge is 0.303 e. The quantitative estimate of drug-likeness (QED) is 0.278. The maximum atomic E-state index is 12.6. The van der Waals surface area contributed by atoms with Gasteiger partial charge in [-0.3, -0.25) is 9.59 Å². The molecule has 0 aromatic heterocycles. The van der Waals surface area contributed by atoms with E-state index in [2.05, 4.69) is 5.32 Å². The molecule has 0 aliphatic carbocycles. The molecule has 1 heterocycles. The average molecular weight is 597 g/mol. The summed E-state index contributed by atoms with van der Waals surface area (Å²) in [7, 11) is 0. The minimum absolute atomic E-state index is 0.0468. The highest BCUT2D eigenvalue weighted by Gasteiger charge is 2.50. The number of benzene rings is 3. The molecule has 0 saturated carbocycles. The highest BCUT2D eigenvalue weighted by molar-refractivity contribution is 6.76. The Balaban J connectivity index is 1.55. The number of fused-ring (bicyclic) bond motifs is 1. The lowest BCUT2D eigenvalue weighted by molar-refractivity contribution is -0.279. The lowest BCUT2D eigenvalue weighted by Gasteiger charge is -2.44. The number of rotatable bonds is 9. The van der Waals surface area contributed by atoms with Crippen molar-refractivity contribution in [1.29, 1.82) is 0 Å². The van der Waals surface area contributed by atoms with Crippen molar-refractivity contribution in [1.82, 2.24) is 5.32 Å². The molecule has 1 aliphatic heterocycles. The standard InChI is InChI=1S/C28H28Cl3NO7/c1-17(33)38-25-23(32-27(35)28(29,30)31)26(37-15-19-11-12-20-9-5-6-10-21(20)13-19)39-22(24(25)34)16-36-14-18-7-3-2-4-8-18/h2-13,22-26,34H,14-16H2,1H3,(H,32,35)/t22-,23-,24-,25+,26+/m1/s1. The van der Waals surface area contributed by atoms with E-state index >= 15 is 0 Å².